The van der Waals surface area contributed by atoms with Crippen molar-refractivity contribution in [2.24, 2.45) is 0 Å². The maximum absolute atomic E-state index is 11.4. The number of halogens is 1. The third-order valence-electron chi connectivity index (χ3n) is 1.43. The van der Waals surface area contributed by atoms with Gasteiger partial charge in [0, 0.05) is 39.6 Å². The minimum atomic E-state index is -0.461. The second kappa shape index (κ2) is 6.15. The summed E-state index contributed by atoms with van der Waals surface area (Å²) >= 11 is 5.63. The Morgan fingerprint density at radius 3 is 2.86 bits per heavy atom. The van der Waals surface area contributed by atoms with E-state index in [0.29, 0.717) is 0 Å². The third-order valence-corrected chi connectivity index (χ3v) is 1.73. The second-order valence-electron chi connectivity index (χ2n) is 2.29. The van der Waals surface area contributed by atoms with E-state index in [0.717, 1.165) is 0 Å². The Bertz CT molecular complexity index is 401. The summed E-state index contributed by atoms with van der Waals surface area (Å²) in [5.74, 6) is -0.461. The molecule has 1 aromatic rings. The molecular formula is C8H5ClN3OY-. The van der Waals surface area contributed by atoms with E-state index in [1.165, 1.54) is 19.2 Å². The van der Waals surface area contributed by atoms with Crippen LogP contribution in [0.1, 0.15) is 17.3 Å². The molecule has 1 radical (unpaired) electrons. The normalized spacial score (nSPS) is 8.43. The van der Waals surface area contributed by atoms with Crippen LogP contribution in [-0.2, 0) is 32.7 Å². The Balaban J connectivity index is 0.00000169. The summed E-state index contributed by atoms with van der Waals surface area (Å²) in [7, 11) is 0. The maximum atomic E-state index is 11.4. The number of nitrogens with zero attached hydrogens (tertiary/aromatic N) is 3. The SMILES string of the molecule is CC(=[N+]=[N-])C(=O)c1c[c-]cnc1Cl.[Y]. The molecule has 0 amide bonds. The fraction of sp³-hybridized carbons (Fsp3) is 0.125. The van der Waals surface area contributed by atoms with E-state index in [9.17, 15) is 4.79 Å². The number of aromatic nitrogens is 1. The molecule has 0 spiro atoms. The van der Waals surface area contributed by atoms with Crippen LogP contribution >= 0.6 is 11.6 Å². The van der Waals surface area contributed by atoms with Gasteiger partial charge in [-0.2, -0.15) is 4.79 Å². The largest absolute Gasteiger partial charge is 0.361 e. The van der Waals surface area contributed by atoms with Crippen LogP contribution in [-0.4, -0.2) is 21.3 Å². The molecular weight excluding hydrogens is 278 g/mol. The summed E-state index contributed by atoms with van der Waals surface area (Å²) in [5.41, 5.74) is 8.49. The smallest absolute Gasteiger partial charge is 0.317 e. The number of carbonyl (C=O) groups excluding carboxylic acids is 1. The van der Waals surface area contributed by atoms with Gasteiger partial charge in [-0.1, -0.05) is 23.4 Å². The molecule has 69 valence electrons. The standard InChI is InChI=1S/C8H5ClN3O.Y/c1-5(12-10)7(13)6-3-2-4-11-8(6)9;/h3-4H,1H3;/q-1;. The fourth-order valence-corrected chi connectivity index (χ4v) is 0.932. The Kier molecular flexibility index (Phi) is 5.97. The van der Waals surface area contributed by atoms with E-state index in [-0.39, 0.29) is 49.1 Å². The number of Topliss-reactive ketones (excluding diaryl/α,β-unsaturated/α-hetero) is 1. The molecule has 0 aliphatic heterocycles. The van der Waals surface area contributed by atoms with Crippen LogP contribution in [0.4, 0.5) is 0 Å². The zero-order chi connectivity index (χ0) is 9.84. The Morgan fingerprint density at radius 1 is 1.71 bits per heavy atom. The van der Waals surface area contributed by atoms with Gasteiger partial charge in [0.05, 0.1) is 5.15 Å². The van der Waals surface area contributed by atoms with Gasteiger partial charge in [-0.25, -0.2) is 12.1 Å². The van der Waals surface area contributed by atoms with Crippen LogP contribution < -0.4 is 0 Å². The minimum absolute atomic E-state index is 0. The molecule has 1 heterocycles. The van der Waals surface area contributed by atoms with Gasteiger partial charge < -0.3 is 10.3 Å². The minimum Gasteiger partial charge on any atom is -0.361 e. The van der Waals surface area contributed by atoms with Crippen molar-refractivity contribution in [3.8, 4) is 0 Å². The van der Waals surface area contributed by atoms with E-state index < -0.39 is 5.78 Å². The quantitative estimate of drug-likeness (QED) is 0.206. The molecule has 0 bridgehead atoms. The molecule has 0 saturated heterocycles. The number of rotatable bonds is 2. The maximum Gasteiger partial charge on any atom is 0.317 e. The predicted octanol–water partition coefficient (Wildman–Crippen LogP) is 1.41. The topological polar surface area (TPSA) is 66.4 Å². The average Bonchev–Trinajstić information content (AvgIpc) is 2.16. The number of hydrogen-bond donors (Lipinski definition) is 0. The van der Waals surface area contributed by atoms with Gasteiger partial charge in [-0.3, -0.25) is 4.98 Å². The first-order chi connectivity index (χ1) is 6.16. The Morgan fingerprint density at radius 2 is 2.36 bits per heavy atom. The van der Waals surface area contributed by atoms with Crippen molar-refractivity contribution < 1.29 is 42.3 Å². The number of pyridine rings is 1. The van der Waals surface area contributed by atoms with E-state index in [1.54, 1.807) is 0 Å². The summed E-state index contributed by atoms with van der Waals surface area (Å²) < 4.78 is 0. The van der Waals surface area contributed by atoms with Crippen LogP contribution in [0.5, 0.6) is 0 Å². The van der Waals surface area contributed by atoms with Gasteiger partial charge in [0.1, 0.15) is 0 Å². The molecule has 0 fully saturated rings. The molecule has 14 heavy (non-hydrogen) atoms. The van der Waals surface area contributed by atoms with Crippen LogP contribution in [0.2, 0.25) is 5.15 Å². The zero-order valence-electron chi connectivity index (χ0n) is 7.36. The molecule has 0 aromatic carbocycles. The van der Waals surface area contributed by atoms with Crippen LogP contribution in [0.25, 0.3) is 5.53 Å². The average molecular weight is 284 g/mol. The first-order valence-corrected chi connectivity index (χ1v) is 3.79. The van der Waals surface area contributed by atoms with Crippen molar-refractivity contribution in [2.45, 2.75) is 6.92 Å². The van der Waals surface area contributed by atoms with Crippen molar-refractivity contribution >= 4 is 23.1 Å². The van der Waals surface area contributed by atoms with E-state index in [2.05, 4.69) is 15.8 Å². The van der Waals surface area contributed by atoms with Crippen LogP contribution in [0.3, 0.4) is 0 Å². The molecule has 0 saturated carbocycles. The van der Waals surface area contributed by atoms with Gasteiger partial charge in [-0.05, 0) is 0 Å². The summed E-state index contributed by atoms with van der Waals surface area (Å²) in [5, 5.41) is 0.0757. The molecule has 1 aromatic heterocycles. The van der Waals surface area contributed by atoms with Gasteiger partial charge in [0.25, 0.3) is 0 Å². The number of carbonyl (C=O) groups is 1. The number of hydrogen-bond acceptors (Lipinski definition) is 2. The molecule has 0 aliphatic rings. The summed E-state index contributed by atoms with van der Waals surface area (Å²) in [6.07, 6.45) is 1.35. The van der Waals surface area contributed by atoms with Crippen molar-refractivity contribution in [3.05, 3.63) is 34.6 Å². The first-order valence-electron chi connectivity index (χ1n) is 3.41. The van der Waals surface area contributed by atoms with E-state index in [1.807, 2.05) is 0 Å². The molecule has 0 unspecified atom stereocenters. The van der Waals surface area contributed by atoms with Gasteiger partial charge >= 0.3 is 5.71 Å². The molecule has 0 N–H and O–H groups in total. The van der Waals surface area contributed by atoms with Crippen LogP contribution in [0, 0.1) is 6.07 Å². The Hall–Kier alpha value is -0.406. The van der Waals surface area contributed by atoms with Crippen molar-refractivity contribution in [3.63, 3.8) is 0 Å². The summed E-state index contributed by atoms with van der Waals surface area (Å²) in [6, 6.07) is 4.00. The molecule has 4 nitrogen and oxygen atoms in total. The van der Waals surface area contributed by atoms with Crippen molar-refractivity contribution in [1.29, 1.82) is 0 Å². The number of ketones is 1. The fourth-order valence-electron chi connectivity index (χ4n) is 0.743. The molecule has 0 atom stereocenters. The second-order valence-corrected chi connectivity index (χ2v) is 2.65. The van der Waals surface area contributed by atoms with E-state index >= 15 is 0 Å². The summed E-state index contributed by atoms with van der Waals surface area (Å²) in [4.78, 5) is 17.8. The zero-order valence-corrected chi connectivity index (χ0v) is 11.0. The van der Waals surface area contributed by atoms with Gasteiger partial charge in [0.2, 0.25) is 0 Å². The van der Waals surface area contributed by atoms with Crippen molar-refractivity contribution in [1.82, 2.24) is 4.98 Å². The van der Waals surface area contributed by atoms with Gasteiger partial charge in [-0.15, -0.1) is 0 Å². The molecule has 0 aliphatic carbocycles. The predicted molar refractivity (Wildman–Crippen MR) is 46.7 cm³/mol. The molecule has 6 heteroatoms. The molecule has 1 rings (SSSR count). The van der Waals surface area contributed by atoms with E-state index in [4.69, 9.17) is 17.1 Å². The summed E-state index contributed by atoms with van der Waals surface area (Å²) in [6.45, 7) is 1.38. The monoisotopic (exact) mass is 283 g/mol. The Labute approximate surface area is 111 Å². The first kappa shape index (κ1) is 13.6. The van der Waals surface area contributed by atoms with Gasteiger partial charge in [0.15, 0.2) is 5.78 Å². The van der Waals surface area contributed by atoms with Crippen LogP contribution in [0.15, 0.2) is 12.3 Å². The van der Waals surface area contributed by atoms with Crippen molar-refractivity contribution in [2.75, 3.05) is 0 Å². The third kappa shape index (κ3) is 3.07.